The summed E-state index contributed by atoms with van der Waals surface area (Å²) in [5.41, 5.74) is 19.3. The predicted octanol–water partition coefficient (Wildman–Crippen LogP) is -2.99. The van der Waals surface area contributed by atoms with Crippen LogP contribution < -0.4 is 103 Å². The van der Waals surface area contributed by atoms with Gasteiger partial charge in [0.05, 0.1) is 13.0 Å². The van der Waals surface area contributed by atoms with Gasteiger partial charge in [-0.25, -0.2) is 0 Å². The van der Waals surface area contributed by atoms with Gasteiger partial charge in [0.25, 0.3) is 0 Å². The summed E-state index contributed by atoms with van der Waals surface area (Å²) in [7, 11) is 0. The smallest absolute Gasteiger partial charge is 0.305 e. The molecule has 1 aromatic carbocycles. The van der Waals surface area contributed by atoms with Crippen LogP contribution in [0.15, 0.2) is 60.1 Å². The summed E-state index contributed by atoms with van der Waals surface area (Å²) in [5, 5.41) is 57.7. The van der Waals surface area contributed by atoms with Crippen molar-refractivity contribution >= 4 is 118 Å². The molecule has 0 aliphatic carbocycles. The van der Waals surface area contributed by atoms with Gasteiger partial charge in [-0.2, -0.15) is 0 Å². The van der Waals surface area contributed by atoms with Crippen LogP contribution in [0, 0.1) is 23.7 Å². The Labute approximate surface area is 704 Å². The molecule has 674 valence electrons. The maximum atomic E-state index is 15.1. The highest BCUT2D eigenvalue weighted by Crippen LogP contribution is 2.22. The van der Waals surface area contributed by atoms with Crippen molar-refractivity contribution < 1.29 is 101 Å². The SMILES string of the molecule is C=CC(=O)NCC(NC(=O)[C@@H](NC(C)=O)[C@@H](C)CC)C(=O)N[C@H](C(=O)N[C@@H](C)C(=O)N[C@@H](CCC(N)=O)C(=O)N[C@@H](CCC(=O)O)C(=O)N[C@@H](CC(C)C)C(=O)N[C@@H](CCCN=C(N)N)C(=O)N[C@@]1(C)CCC/C=C/CCC[C@@](C)(C(=O)N[C@@H](Cc2ccccc2)C(N)=O)NC(=O)[C@H](CC(=O)O)NC(=O)CNC(=O)[C@H]([C@@H](C)CC)NC1=O)[C@@H](C)CC. The number of primary amides is 2. The summed E-state index contributed by atoms with van der Waals surface area (Å²) < 4.78 is 0. The summed E-state index contributed by atoms with van der Waals surface area (Å²) in [5.74, 6) is -21.6. The Balaban J connectivity index is 2.67. The normalized spacial score (nSPS) is 20.0. The van der Waals surface area contributed by atoms with E-state index < -0.39 is 259 Å². The van der Waals surface area contributed by atoms with E-state index in [0.717, 1.165) is 6.08 Å². The van der Waals surface area contributed by atoms with Gasteiger partial charge in [-0.05, 0) is 127 Å². The van der Waals surface area contributed by atoms with E-state index in [0.29, 0.717) is 12.0 Å². The molecule has 1 aromatic rings. The Morgan fingerprint density at radius 1 is 0.595 bits per heavy atom. The Bertz CT molecular complexity index is 3860. The molecule has 1 aliphatic rings. The van der Waals surface area contributed by atoms with Crippen LogP contribution in [-0.2, 0) is 97.5 Å². The van der Waals surface area contributed by atoms with Gasteiger partial charge in [-0.1, -0.05) is 124 Å². The molecule has 0 saturated heterocycles. The van der Waals surface area contributed by atoms with Crippen molar-refractivity contribution in [2.45, 2.75) is 276 Å². The highest BCUT2D eigenvalue weighted by atomic mass is 16.4. The van der Waals surface area contributed by atoms with E-state index in [9.17, 15) is 91.7 Å². The van der Waals surface area contributed by atoms with Gasteiger partial charge in [0.1, 0.15) is 77.5 Å². The molecule has 1 heterocycles. The molecule has 0 aromatic heterocycles. The monoisotopic (exact) mass is 1700 g/mol. The maximum absolute atomic E-state index is 15.1. The minimum atomic E-state index is -1.96. The van der Waals surface area contributed by atoms with Crippen molar-refractivity contribution in [3.63, 3.8) is 0 Å². The number of carboxylic acids is 2. The van der Waals surface area contributed by atoms with Crippen LogP contribution in [0.25, 0.3) is 0 Å². The number of aliphatic carboxylic acids is 2. The van der Waals surface area contributed by atoms with Crippen LogP contribution in [0.1, 0.15) is 198 Å². The zero-order valence-electron chi connectivity index (χ0n) is 71.2. The summed E-state index contributed by atoms with van der Waals surface area (Å²) in [4.78, 5) is 264. The van der Waals surface area contributed by atoms with Crippen molar-refractivity contribution in [3.8, 4) is 0 Å². The number of hydrogen-bond donors (Lipinski definition) is 21. The van der Waals surface area contributed by atoms with E-state index in [1.807, 2.05) is 0 Å². The molecule has 1 aliphatic heterocycles. The molecule has 16 atom stereocenters. The Kier molecular flexibility index (Phi) is 45.8. The minimum Gasteiger partial charge on any atom is -0.481 e. The number of aliphatic imine (C=N–C) groups is 1. The largest absolute Gasteiger partial charge is 0.481 e. The number of carbonyl (C=O) groups excluding carboxylic acids is 17. The number of guanidine groups is 1. The quantitative estimate of drug-likeness (QED) is 0.0102. The lowest BCUT2D eigenvalue weighted by Crippen LogP contribution is -2.64. The lowest BCUT2D eigenvalue weighted by molar-refractivity contribution is -0.142. The summed E-state index contributed by atoms with van der Waals surface area (Å²) in [6.07, 6.45) is 1.87. The van der Waals surface area contributed by atoms with Crippen molar-refractivity contribution in [2.75, 3.05) is 19.6 Å². The molecule has 121 heavy (non-hydrogen) atoms. The fraction of sp³-hybridized carbons (Fsp3) is 0.625. The zero-order chi connectivity index (χ0) is 91.6. The van der Waals surface area contributed by atoms with E-state index in [-0.39, 0.29) is 89.6 Å². The standard InChI is InChI=1S/C80H128N20O21/c1-14-44(7)62-73(117)87-42-59(104)90-55(40-61(107)108)72(116)100-79(12,76(120)96-53(65(82)109)39-49-28-23-22-24-29-49)35-25-20-18-19-21-26-36-80(13,77(121)98-62)99-71(115)50(30-27-37-85-78(83)84)92-69(113)54(38-43(5)6)94-68(112)52(32-34-60(105)106)93-67(111)51(31-33-57(81)102)91-66(110)47(10)88-74(118)64(46(9)16-3)97-70(114)56(41-86-58(103)17-4)95-75(119)63(45(8)15-2)89-48(11)101/h17-19,22-24,28-29,43-47,50-56,62-64H,4,14-16,20-21,25-27,30-42H2,1-3,5-13H3,(H2,81,102)(H2,82,109)(H,86,103)(H,87,117)(H,88,118)(H,89,101)(H,90,104)(H,91,110)(H,92,113)(H,93,111)(H,94,112)(H,95,119)(H,96,120)(H,97,114)(H,98,121)(H,99,115)(H,100,116)(H,105,106)(H,107,108)(H4,83,84,85)/b19-18+/t44-,45-,46-,47-,50-,51-,52-,53-,54-,55-,56?,62-,63-,64-,79-,80-/m0/s1. The molecule has 0 spiro atoms. The minimum absolute atomic E-state index is 0.00776. The lowest BCUT2D eigenvalue weighted by Gasteiger charge is -2.34. The number of benzene rings is 1. The molecule has 1 unspecified atom stereocenters. The third-order valence-electron chi connectivity index (χ3n) is 20.4. The Hall–Kier alpha value is -12.1. The predicted molar refractivity (Wildman–Crippen MR) is 443 cm³/mol. The van der Waals surface area contributed by atoms with E-state index in [1.165, 1.54) is 27.7 Å². The number of carbonyl (C=O) groups is 19. The molecule has 0 fully saturated rings. The number of carboxylic acid groups (broad SMARTS) is 2. The third kappa shape index (κ3) is 38.2. The van der Waals surface area contributed by atoms with Crippen LogP contribution in [0.2, 0.25) is 0 Å². The Morgan fingerprint density at radius 2 is 1.12 bits per heavy atom. The van der Waals surface area contributed by atoms with E-state index in [4.69, 9.17) is 22.9 Å². The van der Waals surface area contributed by atoms with Gasteiger partial charge in [0.2, 0.25) is 100 Å². The van der Waals surface area contributed by atoms with Crippen molar-refractivity contribution in [2.24, 2.45) is 51.6 Å². The van der Waals surface area contributed by atoms with Crippen LogP contribution >= 0.6 is 0 Å². The molecular weight excluding hydrogens is 1580 g/mol. The zero-order valence-corrected chi connectivity index (χ0v) is 71.2. The number of amides is 17. The number of nitrogens with zero attached hydrogens (tertiary/aromatic N) is 1. The number of hydrogen-bond acceptors (Lipinski definition) is 20. The second kappa shape index (κ2) is 52.7. The fourth-order valence-corrected chi connectivity index (χ4v) is 12.5. The summed E-state index contributed by atoms with van der Waals surface area (Å²) >= 11 is 0. The van der Waals surface area contributed by atoms with E-state index in [2.05, 4.69) is 91.3 Å². The van der Waals surface area contributed by atoms with Crippen LogP contribution in [-0.4, -0.2) is 226 Å². The van der Waals surface area contributed by atoms with Gasteiger partial charge < -0.3 is 113 Å². The highest BCUT2D eigenvalue weighted by Gasteiger charge is 2.43. The van der Waals surface area contributed by atoms with E-state index in [1.54, 1.807) is 97.9 Å². The topological polar surface area (TPSA) is 662 Å². The molecule has 0 saturated carbocycles. The van der Waals surface area contributed by atoms with Gasteiger partial charge in [0.15, 0.2) is 5.96 Å². The number of rotatable bonds is 45. The highest BCUT2D eigenvalue weighted by molar-refractivity contribution is 6.02. The van der Waals surface area contributed by atoms with Crippen molar-refractivity contribution in [1.82, 2.24) is 79.8 Å². The van der Waals surface area contributed by atoms with Gasteiger partial charge >= 0.3 is 11.9 Å². The molecular formula is C80H128N20O21. The second-order valence-electron chi connectivity index (χ2n) is 31.2. The van der Waals surface area contributed by atoms with Crippen LogP contribution in [0.4, 0.5) is 0 Å². The van der Waals surface area contributed by atoms with Gasteiger partial charge in [-0.15, -0.1) is 0 Å². The molecule has 2 rings (SSSR count). The first-order valence-electron chi connectivity index (χ1n) is 40.6. The number of nitrogens with two attached hydrogens (primary N) is 4. The molecule has 17 amide bonds. The van der Waals surface area contributed by atoms with Crippen molar-refractivity contribution in [3.05, 3.63) is 60.7 Å². The molecule has 41 nitrogen and oxygen atoms in total. The second-order valence-corrected chi connectivity index (χ2v) is 31.2. The first-order valence-corrected chi connectivity index (χ1v) is 40.6. The van der Waals surface area contributed by atoms with Gasteiger partial charge in [0, 0.05) is 39.3 Å². The van der Waals surface area contributed by atoms with Gasteiger partial charge in [-0.3, -0.25) is 96.1 Å². The van der Waals surface area contributed by atoms with Crippen molar-refractivity contribution in [1.29, 1.82) is 0 Å². The number of nitrogens with one attached hydrogen (secondary N) is 15. The lowest BCUT2D eigenvalue weighted by atomic mass is 9.90. The molecule has 41 heteroatoms. The third-order valence-corrected chi connectivity index (χ3v) is 20.4. The Morgan fingerprint density at radius 3 is 1.65 bits per heavy atom. The summed E-state index contributed by atoms with van der Waals surface area (Å²) in [6.45, 7) is 20.4. The maximum Gasteiger partial charge on any atom is 0.305 e. The average molecular weight is 1710 g/mol. The van der Waals surface area contributed by atoms with Crippen LogP contribution in [0.3, 0.4) is 0 Å². The number of allylic oxidation sites excluding steroid dienone is 2. The molecule has 0 radical (unpaired) electrons. The average Bonchev–Trinajstić information content (AvgIpc) is 0.942. The van der Waals surface area contributed by atoms with Crippen LogP contribution in [0.5, 0.6) is 0 Å². The molecule has 0 bridgehead atoms. The fourth-order valence-electron chi connectivity index (χ4n) is 12.5. The van der Waals surface area contributed by atoms with E-state index >= 15 is 9.59 Å². The first kappa shape index (κ1) is 105. The molecule has 25 N–H and O–H groups in total. The first-order chi connectivity index (χ1) is 56.7. The summed E-state index contributed by atoms with van der Waals surface area (Å²) in [6, 6.07) is -8.35.